The normalized spacial score (nSPS) is 32.8. The van der Waals surface area contributed by atoms with Crippen LogP contribution in [0, 0.1) is 30.6 Å². The molecule has 5 rings (SSSR count). The van der Waals surface area contributed by atoms with Crippen LogP contribution in [-0.4, -0.2) is 80.5 Å². The Balaban J connectivity index is 1.90. The van der Waals surface area contributed by atoms with Crippen LogP contribution in [0.1, 0.15) is 64.4 Å². The van der Waals surface area contributed by atoms with Gasteiger partial charge in [-0.2, -0.15) is 0 Å². The number of anilines is 2. The molecule has 5 bridgehead atoms. The lowest BCUT2D eigenvalue weighted by atomic mass is 9.78. The second kappa shape index (κ2) is 14.8. The average Bonchev–Trinajstić information content (AvgIpc) is 3.35. The van der Waals surface area contributed by atoms with Crippen LogP contribution in [0.5, 0.6) is 23.0 Å². The van der Waals surface area contributed by atoms with E-state index in [-0.39, 0.29) is 33.2 Å². The summed E-state index contributed by atoms with van der Waals surface area (Å²) in [5.74, 6) is -8.62. The molecule has 1 amide bonds. The molecule has 9 atom stereocenters. The number of methoxy groups -OCH3 is 1. The molecule has 0 saturated heterocycles. The molecule has 0 unspecified atom stereocenters. The van der Waals surface area contributed by atoms with Gasteiger partial charge < -0.3 is 55.5 Å². The average molecular weight is 713 g/mol. The number of aliphatic hydroxyl groups excluding tert-OH is 2. The lowest BCUT2D eigenvalue weighted by Crippen LogP contribution is -2.46. The Morgan fingerprint density at radius 3 is 2.20 bits per heavy atom. The third-order valence-electron chi connectivity index (χ3n) is 10.0. The molecule has 0 aromatic heterocycles. The number of phenols is 3. The summed E-state index contributed by atoms with van der Waals surface area (Å²) in [4.78, 5) is 39.4. The van der Waals surface area contributed by atoms with Gasteiger partial charge in [-0.3, -0.25) is 14.4 Å². The number of aliphatic hydroxyl groups is 2. The van der Waals surface area contributed by atoms with Gasteiger partial charge in [-0.25, -0.2) is 0 Å². The summed E-state index contributed by atoms with van der Waals surface area (Å²) in [7, 11) is 1.42. The Kier molecular flexibility index (Phi) is 11.3. The monoisotopic (exact) mass is 712 g/mol. The zero-order valence-electron chi connectivity index (χ0n) is 30.2. The van der Waals surface area contributed by atoms with E-state index in [9.17, 15) is 39.9 Å². The van der Waals surface area contributed by atoms with Crippen LogP contribution in [0.25, 0.3) is 10.8 Å². The van der Waals surface area contributed by atoms with Gasteiger partial charge in [0.05, 0.1) is 35.5 Å². The van der Waals surface area contributed by atoms with Crippen molar-refractivity contribution < 1.29 is 58.9 Å². The van der Waals surface area contributed by atoms with Crippen molar-refractivity contribution in [1.29, 1.82) is 0 Å². The quantitative estimate of drug-likeness (QED) is 0.0997. The van der Waals surface area contributed by atoms with Crippen LogP contribution in [0.4, 0.5) is 11.4 Å². The maximum Gasteiger partial charge on any atom is 0.312 e. The fraction of sp³-hybridized carbons (Fsp3) is 0.486. The highest BCUT2D eigenvalue weighted by Crippen LogP contribution is 2.56. The van der Waals surface area contributed by atoms with Crippen molar-refractivity contribution in [1.82, 2.24) is 0 Å². The van der Waals surface area contributed by atoms with Gasteiger partial charge >= 0.3 is 11.8 Å². The lowest BCUT2D eigenvalue weighted by Gasteiger charge is -2.38. The number of Topliss-reactive ketones (excluding diaryl/α,β-unsaturated/α-hetero) is 1. The van der Waals surface area contributed by atoms with Gasteiger partial charge in [-0.15, -0.1) is 0 Å². The highest BCUT2D eigenvalue weighted by molar-refractivity contribution is 6.23. The van der Waals surface area contributed by atoms with Crippen LogP contribution in [0.3, 0.4) is 0 Å². The Morgan fingerprint density at radius 1 is 0.941 bits per heavy atom. The number of hydrogen-bond acceptors (Lipinski definition) is 13. The van der Waals surface area contributed by atoms with Gasteiger partial charge in [0.2, 0.25) is 0 Å². The van der Waals surface area contributed by atoms with Crippen LogP contribution in [0.2, 0.25) is 0 Å². The molecule has 2 aromatic carbocycles. The number of ether oxygens (including phenoxy) is 4. The Labute approximate surface area is 296 Å². The fourth-order valence-electron chi connectivity index (χ4n) is 6.75. The molecule has 2 aromatic rings. The van der Waals surface area contributed by atoms with E-state index in [0.717, 1.165) is 0 Å². The zero-order chi connectivity index (χ0) is 38.3. The number of fused-ring (bicyclic) bond motifs is 14. The molecule has 51 heavy (non-hydrogen) atoms. The van der Waals surface area contributed by atoms with Crippen molar-refractivity contribution in [2.24, 2.45) is 23.7 Å². The SMILES string of the molecule is CO[C@H]1/C=C\O[C@@]2(C)Oc3c(C)c(O)c4c(O)c(c(N)c(O)c4c3C2=O)NC(=O)/C(C)=C\C=C/[C@H](C)[C@H](O)[C@@H](C)[C@@H](O)[C@@H](C)[C@H](OC(C)=O)[C@@H]1C. The van der Waals surface area contributed by atoms with E-state index < -0.39 is 100 Å². The molecule has 278 valence electrons. The van der Waals surface area contributed by atoms with Crippen molar-refractivity contribution >= 4 is 39.8 Å². The van der Waals surface area contributed by atoms with E-state index in [1.54, 1.807) is 39.8 Å². The zero-order valence-corrected chi connectivity index (χ0v) is 30.2. The molecule has 14 heteroatoms. The van der Waals surface area contributed by atoms with Crippen LogP contribution in [0.15, 0.2) is 36.1 Å². The molecule has 0 aliphatic carbocycles. The van der Waals surface area contributed by atoms with E-state index in [2.05, 4.69) is 5.32 Å². The number of benzene rings is 2. The second-order valence-electron chi connectivity index (χ2n) is 13.6. The minimum absolute atomic E-state index is 0.0383. The number of aromatic hydroxyl groups is 3. The number of nitrogens with one attached hydrogen (secondary N) is 1. The molecular formula is C37H48N2O12. The number of nitrogens with two attached hydrogens (primary N) is 1. The van der Waals surface area contributed by atoms with E-state index in [1.807, 2.05) is 0 Å². The number of carbonyl (C=O) groups is 3. The third-order valence-corrected chi connectivity index (χ3v) is 10.0. The largest absolute Gasteiger partial charge is 0.507 e. The highest BCUT2D eigenvalue weighted by atomic mass is 16.7. The number of esters is 1. The molecule has 0 saturated carbocycles. The van der Waals surface area contributed by atoms with Gasteiger partial charge in [-0.05, 0) is 19.9 Å². The summed E-state index contributed by atoms with van der Waals surface area (Å²) in [6.07, 6.45) is 3.44. The Morgan fingerprint density at radius 2 is 1.59 bits per heavy atom. The molecule has 0 radical (unpaired) electrons. The molecule has 3 aliphatic rings. The summed E-state index contributed by atoms with van der Waals surface area (Å²) in [5, 5.41) is 58.3. The summed E-state index contributed by atoms with van der Waals surface area (Å²) >= 11 is 0. The summed E-state index contributed by atoms with van der Waals surface area (Å²) in [6.45, 7) is 12.3. The molecule has 8 N–H and O–H groups in total. The maximum absolute atomic E-state index is 14.0. The number of allylic oxidation sites excluding steroid dienone is 2. The number of ketones is 1. The topological polar surface area (TPSA) is 227 Å². The number of amides is 1. The molecule has 0 fully saturated rings. The smallest absolute Gasteiger partial charge is 0.312 e. The first kappa shape index (κ1) is 39.0. The van der Waals surface area contributed by atoms with Crippen LogP contribution < -0.4 is 15.8 Å². The predicted molar refractivity (Wildman–Crippen MR) is 188 cm³/mol. The van der Waals surface area contributed by atoms with E-state index in [4.69, 9.17) is 24.7 Å². The first-order valence-electron chi connectivity index (χ1n) is 16.6. The second-order valence-corrected chi connectivity index (χ2v) is 13.6. The van der Waals surface area contributed by atoms with Crippen molar-refractivity contribution in [3.8, 4) is 23.0 Å². The summed E-state index contributed by atoms with van der Waals surface area (Å²) < 4.78 is 23.2. The lowest BCUT2D eigenvalue weighted by molar-refractivity contribution is -0.160. The summed E-state index contributed by atoms with van der Waals surface area (Å²) in [5.41, 5.74) is 5.30. The third kappa shape index (κ3) is 7.08. The van der Waals surface area contributed by atoms with Crippen LogP contribution >= 0.6 is 0 Å². The van der Waals surface area contributed by atoms with Crippen molar-refractivity contribution in [3.63, 3.8) is 0 Å². The Hall–Kier alpha value is -4.79. The number of rotatable bonds is 2. The van der Waals surface area contributed by atoms with E-state index in [0.29, 0.717) is 0 Å². The number of carbonyl (C=O) groups excluding carboxylic acids is 3. The number of hydrogen-bond donors (Lipinski definition) is 7. The maximum atomic E-state index is 14.0. The minimum atomic E-state index is -2.03. The standard InChI is InChI=1S/C37H48N2O12/c1-15-11-10-12-16(2)36(47)39-27-26(38)31(44)23-24(32(27)45)30(43)20(6)34-25(23)35(46)37(8,51-34)49-14-13-22(48-9)17(3)33(50-21(7)40)19(5)29(42)18(4)28(15)41/h10-15,17-19,22,28-29,33,41-45H,38H2,1-9H3,(H,39,47)/b11-10-,14-13-,16-12-/t15-,17+,18+,19+,22-,28-,29+,33+,37-/m0/s1. The summed E-state index contributed by atoms with van der Waals surface area (Å²) in [6, 6.07) is 0. The predicted octanol–water partition coefficient (Wildman–Crippen LogP) is 4.34. The molecule has 3 aliphatic heterocycles. The molecule has 14 nitrogen and oxygen atoms in total. The van der Waals surface area contributed by atoms with Gasteiger partial charge in [0.15, 0.2) is 5.75 Å². The van der Waals surface area contributed by atoms with Crippen molar-refractivity contribution in [2.75, 3.05) is 18.2 Å². The minimum Gasteiger partial charge on any atom is -0.507 e. The van der Waals surface area contributed by atoms with Crippen molar-refractivity contribution in [3.05, 3.63) is 47.3 Å². The molecule has 0 spiro atoms. The van der Waals surface area contributed by atoms with Crippen molar-refractivity contribution in [2.45, 2.75) is 85.6 Å². The number of phenolic OH excluding ortho intramolecular Hbond substituents is 3. The first-order valence-corrected chi connectivity index (χ1v) is 16.6. The van der Waals surface area contributed by atoms with E-state index >= 15 is 0 Å². The first-order chi connectivity index (χ1) is 23.8. The van der Waals surface area contributed by atoms with Gasteiger partial charge in [0, 0.05) is 61.2 Å². The highest BCUT2D eigenvalue weighted by Gasteiger charge is 2.50. The van der Waals surface area contributed by atoms with Gasteiger partial charge in [0.1, 0.15) is 34.7 Å². The van der Waals surface area contributed by atoms with Crippen LogP contribution in [-0.2, 0) is 23.8 Å². The molecular weight excluding hydrogens is 664 g/mol. The van der Waals surface area contributed by atoms with E-state index in [1.165, 1.54) is 53.2 Å². The molecule has 3 heterocycles. The fourth-order valence-corrected chi connectivity index (χ4v) is 6.75. The van der Waals surface area contributed by atoms with Gasteiger partial charge in [0.25, 0.3) is 11.7 Å². The number of nitrogen functional groups attached to an aromatic ring is 1. The Bertz CT molecular complexity index is 1820. The van der Waals surface area contributed by atoms with Gasteiger partial charge in [-0.1, -0.05) is 45.9 Å².